The van der Waals surface area contributed by atoms with Crippen molar-refractivity contribution in [2.24, 2.45) is 0 Å². The van der Waals surface area contributed by atoms with Crippen molar-refractivity contribution in [1.82, 2.24) is 0 Å². The first-order chi connectivity index (χ1) is 8.28. The second kappa shape index (κ2) is 3.81. The van der Waals surface area contributed by atoms with Gasteiger partial charge in [0.25, 0.3) is 0 Å². The van der Waals surface area contributed by atoms with E-state index in [2.05, 4.69) is 25.1 Å². The maximum Gasteiger partial charge on any atom is 0.139 e. The van der Waals surface area contributed by atoms with Gasteiger partial charge < -0.3 is 9.52 Å². The lowest BCUT2D eigenvalue weighted by atomic mass is 10.1. The Morgan fingerprint density at radius 2 is 1.71 bits per heavy atom. The Morgan fingerprint density at radius 1 is 1.00 bits per heavy atom. The lowest BCUT2D eigenvalue weighted by Gasteiger charge is -1.97. The highest BCUT2D eigenvalue weighted by molar-refractivity contribution is 6.05. The van der Waals surface area contributed by atoms with E-state index in [4.69, 9.17) is 4.42 Å². The van der Waals surface area contributed by atoms with E-state index >= 15 is 0 Å². The summed E-state index contributed by atoms with van der Waals surface area (Å²) in [6.07, 6.45) is 2.20. The number of aryl methyl sites for hydroxylation is 1. The van der Waals surface area contributed by atoms with Crippen LogP contribution in [0.3, 0.4) is 0 Å². The summed E-state index contributed by atoms with van der Waals surface area (Å²) in [7, 11) is 0. The highest BCUT2D eigenvalue weighted by atomic mass is 16.3. The molecule has 2 heteroatoms. The standard InChI is InChI=1S/C15H14O2/c1-2-3-10-4-6-12-13-7-5-11(16)9-15(13)17-14(12)8-10/h4-9,16H,2-3H2,1H3. The van der Waals surface area contributed by atoms with Crippen molar-refractivity contribution in [2.75, 3.05) is 0 Å². The smallest absolute Gasteiger partial charge is 0.139 e. The van der Waals surface area contributed by atoms with Crippen LogP contribution in [0.5, 0.6) is 5.75 Å². The molecule has 1 aromatic heterocycles. The molecule has 17 heavy (non-hydrogen) atoms. The molecule has 1 heterocycles. The van der Waals surface area contributed by atoms with Gasteiger partial charge in [-0.25, -0.2) is 0 Å². The first-order valence-corrected chi connectivity index (χ1v) is 5.92. The van der Waals surface area contributed by atoms with E-state index in [-0.39, 0.29) is 5.75 Å². The molecule has 0 bridgehead atoms. The van der Waals surface area contributed by atoms with Gasteiger partial charge in [-0.05, 0) is 30.2 Å². The Balaban J connectivity index is 2.27. The van der Waals surface area contributed by atoms with Gasteiger partial charge in [0.05, 0.1) is 0 Å². The monoisotopic (exact) mass is 226 g/mol. The molecule has 2 nitrogen and oxygen atoms in total. The molecule has 0 spiro atoms. The van der Waals surface area contributed by atoms with Crippen molar-refractivity contribution in [1.29, 1.82) is 0 Å². The Labute approximate surface area is 99.5 Å². The number of phenolic OH excluding ortho intramolecular Hbond substituents is 1. The van der Waals surface area contributed by atoms with E-state index in [9.17, 15) is 5.11 Å². The number of hydrogen-bond acceptors (Lipinski definition) is 2. The molecule has 2 aromatic carbocycles. The number of rotatable bonds is 2. The Kier molecular flexibility index (Phi) is 2.29. The summed E-state index contributed by atoms with van der Waals surface area (Å²) in [5.74, 6) is 0.241. The van der Waals surface area contributed by atoms with Gasteiger partial charge in [-0.15, -0.1) is 0 Å². The van der Waals surface area contributed by atoms with Gasteiger partial charge in [-0.2, -0.15) is 0 Å². The number of phenols is 1. The zero-order valence-corrected chi connectivity index (χ0v) is 9.73. The Bertz CT molecular complexity index is 680. The van der Waals surface area contributed by atoms with E-state index in [1.54, 1.807) is 12.1 Å². The fraction of sp³-hybridized carbons (Fsp3) is 0.200. The van der Waals surface area contributed by atoms with Gasteiger partial charge in [-0.1, -0.05) is 25.5 Å². The first-order valence-electron chi connectivity index (χ1n) is 5.92. The maximum atomic E-state index is 9.43. The van der Waals surface area contributed by atoms with E-state index < -0.39 is 0 Å². The van der Waals surface area contributed by atoms with Gasteiger partial charge in [0.15, 0.2) is 0 Å². The molecule has 3 aromatic rings. The molecule has 0 fully saturated rings. The van der Waals surface area contributed by atoms with Crippen LogP contribution >= 0.6 is 0 Å². The highest BCUT2D eigenvalue weighted by Crippen LogP contribution is 2.31. The number of aromatic hydroxyl groups is 1. The molecule has 0 aliphatic carbocycles. The Hall–Kier alpha value is -1.96. The molecule has 86 valence electrons. The fourth-order valence-electron chi connectivity index (χ4n) is 2.25. The van der Waals surface area contributed by atoms with Crippen LogP contribution < -0.4 is 0 Å². The van der Waals surface area contributed by atoms with Crippen molar-refractivity contribution in [3.8, 4) is 5.75 Å². The zero-order valence-electron chi connectivity index (χ0n) is 9.73. The maximum absolute atomic E-state index is 9.43. The fourth-order valence-corrected chi connectivity index (χ4v) is 2.25. The van der Waals surface area contributed by atoms with Crippen LogP contribution in [0.4, 0.5) is 0 Å². The molecule has 1 N–H and O–H groups in total. The molecule has 0 unspecified atom stereocenters. The van der Waals surface area contributed by atoms with Crippen LogP contribution in [0.25, 0.3) is 21.9 Å². The minimum Gasteiger partial charge on any atom is -0.508 e. The van der Waals surface area contributed by atoms with Gasteiger partial charge in [-0.3, -0.25) is 0 Å². The van der Waals surface area contributed by atoms with Gasteiger partial charge in [0.1, 0.15) is 16.9 Å². The average Bonchev–Trinajstić information content (AvgIpc) is 2.65. The molecule has 0 atom stereocenters. The van der Waals surface area contributed by atoms with Crippen molar-refractivity contribution < 1.29 is 9.52 Å². The predicted molar refractivity (Wildman–Crippen MR) is 69.4 cm³/mol. The third kappa shape index (κ3) is 1.66. The second-order valence-corrected chi connectivity index (χ2v) is 4.36. The number of furan rings is 1. The van der Waals surface area contributed by atoms with Crippen molar-refractivity contribution in [3.63, 3.8) is 0 Å². The first kappa shape index (κ1) is 10.2. The molecular formula is C15H14O2. The van der Waals surface area contributed by atoms with Crippen molar-refractivity contribution >= 4 is 21.9 Å². The second-order valence-electron chi connectivity index (χ2n) is 4.36. The van der Waals surface area contributed by atoms with Crippen molar-refractivity contribution in [3.05, 3.63) is 42.0 Å². The third-order valence-corrected chi connectivity index (χ3v) is 3.06. The minimum atomic E-state index is 0.241. The average molecular weight is 226 g/mol. The van der Waals surface area contributed by atoms with Crippen LogP contribution in [-0.2, 0) is 6.42 Å². The minimum absolute atomic E-state index is 0.241. The lowest BCUT2D eigenvalue weighted by molar-refractivity contribution is 0.475. The van der Waals surface area contributed by atoms with Gasteiger partial charge >= 0.3 is 0 Å². The molecule has 0 aliphatic heterocycles. The molecule has 3 rings (SSSR count). The Morgan fingerprint density at radius 3 is 2.47 bits per heavy atom. The van der Waals surface area contributed by atoms with E-state index in [1.165, 1.54) is 5.56 Å². The molecule has 0 saturated heterocycles. The summed E-state index contributed by atoms with van der Waals surface area (Å²) in [5, 5.41) is 11.6. The number of hydrogen-bond donors (Lipinski definition) is 1. The normalized spacial score (nSPS) is 11.4. The predicted octanol–water partition coefficient (Wildman–Crippen LogP) is 4.24. The molecule has 0 saturated carbocycles. The SMILES string of the molecule is CCCc1ccc2c(c1)oc1cc(O)ccc12. The van der Waals surface area contributed by atoms with E-state index in [0.717, 1.165) is 34.8 Å². The number of benzene rings is 2. The summed E-state index contributed by atoms with van der Waals surface area (Å²) in [6, 6.07) is 11.6. The highest BCUT2D eigenvalue weighted by Gasteiger charge is 2.07. The third-order valence-electron chi connectivity index (χ3n) is 3.06. The van der Waals surface area contributed by atoms with Crippen LogP contribution in [0.2, 0.25) is 0 Å². The zero-order chi connectivity index (χ0) is 11.8. The number of fused-ring (bicyclic) bond motifs is 3. The van der Waals surface area contributed by atoms with Crippen molar-refractivity contribution in [2.45, 2.75) is 19.8 Å². The summed E-state index contributed by atoms with van der Waals surface area (Å²) >= 11 is 0. The van der Waals surface area contributed by atoms with Crippen LogP contribution in [0.1, 0.15) is 18.9 Å². The summed E-state index contributed by atoms with van der Waals surface area (Å²) in [5.41, 5.74) is 2.94. The van der Waals surface area contributed by atoms with Crippen LogP contribution in [0, 0.1) is 0 Å². The quantitative estimate of drug-likeness (QED) is 0.708. The van der Waals surface area contributed by atoms with E-state index in [1.807, 2.05) is 6.07 Å². The summed E-state index contributed by atoms with van der Waals surface area (Å²) in [6.45, 7) is 2.17. The molecule has 0 aliphatic rings. The van der Waals surface area contributed by atoms with Crippen LogP contribution in [-0.4, -0.2) is 5.11 Å². The summed E-state index contributed by atoms with van der Waals surface area (Å²) < 4.78 is 5.76. The largest absolute Gasteiger partial charge is 0.508 e. The molecule has 0 radical (unpaired) electrons. The van der Waals surface area contributed by atoms with Gasteiger partial charge in [0.2, 0.25) is 0 Å². The van der Waals surface area contributed by atoms with Crippen LogP contribution in [0.15, 0.2) is 40.8 Å². The topological polar surface area (TPSA) is 33.4 Å². The lowest BCUT2D eigenvalue weighted by Crippen LogP contribution is -1.80. The summed E-state index contributed by atoms with van der Waals surface area (Å²) in [4.78, 5) is 0. The van der Waals surface area contributed by atoms with E-state index in [0.29, 0.717) is 0 Å². The molecular weight excluding hydrogens is 212 g/mol. The molecule has 0 amide bonds. The van der Waals surface area contributed by atoms with Gasteiger partial charge in [0, 0.05) is 16.8 Å².